The van der Waals surface area contributed by atoms with Gasteiger partial charge in [-0.3, -0.25) is 0 Å². The van der Waals surface area contributed by atoms with Crippen LogP contribution in [0.1, 0.15) is 24.1 Å². The molecule has 0 spiro atoms. The van der Waals surface area contributed by atoms with Crippen LogP contribution in [0.4, 0.5) is 0 Å². The van der Waals surface area contributed by atoms with Crippen molar-refractivity contribution < 1.29 is 4.74 Å². The summed E-state index contributed by atoms with van der Waals surface area (Å²) in [6.07, 6.45) is 0. The minimum absolute atomic E-state index is 0.319. The van der Waals surface area contributed by atoms with Gasteiger partial charge in [0, 0.05) is 17.1 Å². The molecular weight excluding hydrogens is 302 g/mol. The van der Waals surface area contributed by atoms with Crippen molar-refractivity contribution in [1.82, 2.24) is 5.32 Å². The molecule has 0 unspecified atom stereocenters. The highest BCUT2D eigenvalue weighted by atomic mass is 79.9. The van der Waals surface area contributed by atoms with Crippen molar-refractivity contribution in [3.05, 3.63) is 64.1 Å². The van der Waals surface area contributed by atoms with Gasteiger partial charge in [-0.1, -0.05) is 40.2 Å². The highest BCUT2D eigenvalue weighted by Gasteiger charge is 2.04. The van der Waals surface area contributed by atoms with Gasteiger partial charge in [-0.15, -0.1) is 0 Å². The number of halogens is 1. The Morgan fingerprint density at radius 2 is 1.89 bits per heavy atom. The predicted molar refractivity (Wildman–Crippen MR) is 82.4 cm³/mol. The van der Waals surface area contributed by atoms with Crippen LogP contribution in [0.15, 0.2) is 53.0 Å². The summed E-state index contributed by atoms with van der Waals surface area (Å²) in [4.78, 5) is 0. The second kappa shape index (κ2) is 6.73. The number of hydrogen-bond acceptors (Lipinski definition) is 2. The zero-order valence-corrected chi connectivity index (χ0v) is 12.8. The maximum Gasteiger partial charge on any atom is 0.119 e. The summed E-state index contributed by atoms with van der Waals surface area (Å²) in [7, 11) is 1.69. The van der Waals surface area contributed by atoms with E-state index in [1.165, 1.54) is 11.1 Å². The Morgan fingerprint density at radius 3 is 2.58 bits per heavy atom. The minimum Gasteiger partial charge on any atom is -0.497 e. The molecule has 0 fully saturated rings. The molecule has 0 aliphatic heterocycles. The Balaban J connectivity index is 1.96. The van der Waals surface area contributed by atoms with Gasteiger partial charge in [-0.25, -0.2) is 0 Å². The van der Waals surface area contributed by atoms with E-state index in [0.717, 1.165) is 16.8 Å². The van der Waals surface area contributed by atoms with Gasteiger partial charge < -0.3 is 10.1 Å². The third-order valence-corrected chi connectivity index (χ3v) is 3.65. The molecule has 0 saturated heterocycles. The maximum atomic E-state index is 5.23. The lowest BCUT2D eigenvalue weighted by Crippen LogP contribution is -2.17. The lowest BCUT2D eigenvalue weighted by molar-refractivity contribution is 0.414. The monoisotopic (exact) mass is 319 g/mol. The second-order valence-electron chi connectivity index (χ2n) is 4.51. The summed E-state index contributed by atoms with van der Waals surface area (Å²) in [6, 6.07) is 16.9. The second-order valence-corrected chi connectivity index (χ2v) is 5.42. The van der Waals surface area contributed by atoms with Crippen molar-refractivity contribution in [3.63, 3.8) is 0 Å². The van der Waals surface area contributed by atoms with Crippen molar-refractivity contribution in [2.45, 2.75) is 19.5 Å². The molecule has 2 aromatic rings. The quantitative estimate of drug-likeness (QED) is 0.886. The third-order valence-electron chi connectivity index (χ3n) is 3.12. The van der Waals surface area contributed by atoms with E-state index >= 15 is 0 Å². The standard InChI is InChI=1S/C16H18BrNO/c1-12(14-6-8-15(17)9-7-14)18-11-13-4-3-5-16(10-13)19-2/h3-10,12,18H,11H2,1-2H3/t12-/m0/s1. The van der Waals surface area contributed by atoms with Crippen molar-refractivity contribution in [3.8, 4) is 5.75 Å². The molecule has 0 amide bonds. The van der Waals surface area contributed by atoms with E-state index in [9.17, 15) is 0 Å². The van der Waals surface area contributed by atoms with E-state index in [0.29, 0.717) is 6.04 Å². The molecule has 2 nitrogen and oxygen atoms in total. The van der Waals surface area contributed by atoms with Crippen LogP contribution in [0.5, 0.6) is 5.75 Å². The number of methoxy groups -OCH3 is 1. The van der Waals surface area contributed by atoms with Gasteiger partial charge in [-0.05, 0) is 42.3 Å². The SMILES string of the molecule is COc1cccc(CN[C@@H](C)c2ccc(Br)cc2)c1. The van der Waals surface area contributed by atoms with Crippen LogP contribution < -0.4 is 10.1 Å². The van der Waals surface area contributed by atoms with Crippen molar-refractivity contribution in [1.29, 1.82) is 0 Å². The summed E-state index contributed by atoms with van der Waals surface area (Å²) >= 11 is 3.45. The molecule has 0 saturated carbocycles. The number of hydrogen-bond donors (Lipinski definition) is 1. The smallest absolute Gasteiger partial charge is 0.119 e. The number of nitrogens with one attached hydrogen (secondary N) is 1. The first-order valence-electron chi connectivity index (χ1n) is 6.31. The van der Waals surface area contributed by atoms with Gasteiger partial charge in [0.15, 0.2) is 0 Å². The molecule has 0 aliphatic carbocycles. The van der Waals surface area contributed by atoms with E-state index in [-0.39, 0.29) is 0 Å². The number of ether oxygens (including phenoxy) is 1. The van der Waals surface area contributed by atoms with Gasteiger partial charge >= 0.3 is 0 Å². The molecule has 100 valence electrons. The first-order valence-corrected chi connectivity index (χ1v) is 7.10. The summed E-state index contributed by atoms with van der Waals surface area (Å²) in [5.41, 5.74) is 2.51. The van der Waals surface area contributed by atoms with Crippen molar-refractivity contribution in [2.24, 2.45) is 0 Å². The Bertz CT molecular complexity index is 525. The van der Waals surface area contributed by atoms with E-state index in [1.54, 1.807) is 7.11 Å². The zero-order chi connectivity index (χ0) is 13.7. The van der Waals surface area contributed by atoms with E-state index in [1.807, 2.05) is 12.1 Å². The van der Waals surface area contributed by atoms with Gasteiger partial charge in [0.05, 0.1) is 7.11 Å². The Kier molecular flexibility index (Phi) is 5.00. The fourth-order valence-electron chi connectivity index (χ4n) is 1.92. The van der Waals surface area contributed by atoms with Gasteiger partial charge in [0.1, 0.15) is 5.75 Å². The molecule has 1 atom stereocenters. The molecule has 1 N–H and O–H groups in total. The molecule has 2 aromatic carbocycles. The minimum atomic E-state index is 0.319. The molecule has 3 heteroatoms. The lowest BCUT2D eigenvalue weighted by Gasteiger charge is -2.14. The lowest BCUT2D eigenvalue weighted by atomic mass is 10.1. The van der Waals surface area contributed by atoms with Crippen LogP contribution in [0.2, 0.25) is 0 Å². The predicted octanol–water partition coefficient (Wildman–Crippen LogP) is 4.31. The molecule has 0 heterocycles. The molecule has 0 aromatic heterocycles. The summed E-state index contributed by atoms with van der Waals surface area (Å²) in [5.74, 6) is 0.899. The summed E-state index contributed by atoms with van der Waals surface area (Å²) in [6.45, 7) is 3.00. The van der Waals surface area contributed by atoms with Crippen molar-refractivity contribution >= 4 is 15.9 Å². The average molecular weight is 320 g/mol. The normalized spacial score (nSPS) is 12.2. The van der Waals surface area contributed by atoms with Gasteiger partial charge in [0.25, 0.3) is 0 Å². The molecular formula is C16H18BrNO. The van der Waals surface area contributed by atoms with Crippen LogP contribution in [-0.2, 0) is 6.54 Å². The fraction of sp³-hybridized carbons (Fsp3) is 0.250. The van der Waals surface area contributed by atoms with Gasteiger partial charge in [-0.2, -0.15) is 0 Å². The summed E-state index contributed by atoms with van der Waals surface area (Å²) < 4.78 is 6.33. The van der Waals surface area contributed by atoms with E-state index in [2.05, 4.69) is 64.6 Å². The molecule has 0 aliphatic rings. The highest BCUT2D eigenvalue weighted by molar-refractivity contribution is 9.10. The van der Waals surface area contributed by atoms with Crippen LogP contribution in [0.3, 0.4) is 0 Å². The number of rotatable bonds is 5. The van der Waals surface area contributed by atoms with Crippen LogP contribution >= 0.6 is 15.9 Å². The van der Waals surface area contributed by atoms with E-state index < -0.39 is 0 Å². The topological polar surface area (TPSA) is 21.3 Å². The Labute approximate surface area is 122 Å². The third kappa shape index (κ3) is 4.08. The van der Waals surface area contributed by atoms with Crippen LogP contribution in [0, 0.1) is 0 Å². The van der Waals surface area contributed by atoms with Crippen LogP contribution in [0.25, 0.3) is 0 Å². The maximum absolute atomic E-state index is 5.23. The Morgan fingerprint density at radius 1 is 1.16 bits per heavy atom. The van der Waals surface area contributed by atoms with Gasteiger partial charge in [0.2, 0.25) is 0 Å². The fourth-order valence-corrected chi connectivity index (χ4v) is 2.19. The van der Waals surface area contributed by atoms with Crippen molar-refractivity contribution in [2.75, 3.05) is 7.11 Å². The zero-order valence-electron chi connectivity index (χ0n) is 11.2. The van der Waals surface area contributed by atoms with Crippen LogP contribution in [-0.4, -0.2) is 7.11 Å². The Hall–Kier alpha value is -1.32. The highest BCUT2D eigenvalue weighted by Crippen LogP contribution is 2.18. The first kappa shape index (κ1) is 14.1. The molecule has 2 rings (SSSR count). The largest absolute Gasteiger partial charge is 0.497 e. The number of benzene rings is 2. The molecule has 19 heavy (non-hydrogen) atoms. The summed E-state index contributed by atoms with van der Waals surface area (Å²) in [5, 5.41) is 3.52. The molecule has 0 bridgehead atoms. The average Bonchev–Trinajstić information content (AvgIpc) is 2.46. The van der Waals surface area contributed by atoms with E-state index in [4.69, 9.17) is 4.74 Å². The molecule has 0 radical (unpaired) electrons. The first-order chi connectivity index (χ1) is 9.19.